The quantitative estimate of drug-likeness (QED) is 0.132. The zero-order valence-electron chi connectivity index (χ0n) is 31.9. The highest BCUT2D eigenvalue weighted by Gasteiger charge is 2.37. The number of aromatic nitrogens is 4. The number of nitrogens with one attached hydrogen (secondary N) is 2. The molecule has 4 amide bonds. The monoisotopic (exact) mass is 808 g/mol. The fourth-order valence-electron chi connectivity index (χ4n) is 7.24. The highest BCUT2D eigenvalue weighted by atomic mass is 32.1. The largest absolute Gasteiger partial charge is 0.326 e. The molecule has 2 aliphatic rings. The van der Waals surface area contributed by atoms with Crippen molar-refractivity contribution in [1.82, 2.24) is 29.7 Å². The maximum Gasteiger partial charge on any atom is 0.266 e. The minimum atomic E-state index is -0.567. The highest BCUT2D eigenvalue weighted by Crippen LogP contribution is 2.32. The first-order valence-corrected chi connectivity index (χ1v) is 20.7. The molecule has 14 heteroatoms. The van der Waals surface area contributed by atoms with Gasteiger partial charge in [0.2, 0.25) is 11.8 Å². The highest BCUT2D eigenvalue weighted by molar-refractivity contribution is 7.17. The molecule has 0 aliphatic carbocycles. The minimum absolute atomic E-state index is 0.176. The molecule has 2 aliphatic heterocycles. The van der Waals surface area contributed by atoms with Crippen molar-refractivity contribution >= 4 is 69.8 Å². The van der Waals surface area contributed by atoms with E-state index < -0.39 is 12.1 Å². The fourth-order valence-corrected chi connectivity index (χ4v) is 9.26. The molecule has 6 heterocycles. The van der Waals surface area contributed by atoms with Crippen LogP contribution in [0.2, 0.25) is 0 Å². The average Bonchev–Trinajstić information content (AvgIpc) is 4.08. The maximum atomic E-state index is 13.6. The van der Waals surface area contributed by atoms with Gasteiger partial charge in [0.1, 0.15) is 31.9 Å². The summed E-state index contributed by atoms with van der Waals surface area (Å²) in [6.07, 6.45) is 13.5. The van der Waals surface area contributed by atoms with Crippen molar-refractivity contribution in [3.63, 3.8) is 0 Å². The third kappa shape index (κ3) is 8.34. The van der Waals surface area contributed by atoms with Gasteiger partial charge in [-0.25, -0.2) is 9.97 Å². The number of aryl methyl sites for hydroxylation is 2. The molecule has 4 aromatic heterocycles. The van der Waals surface area contributed by atoms with Crippen LogP contribution in [0.5, 0.6) is 0 Å². The maximum absolute atomic E-state index is 13.6. The predicted molar refractivity (Wildman–Crippen MR) is 227 cm³/mol. The smallest absolute Gasteiger partial charge is 0.266 e. The molecule has 2 fully saturated rings. The van der Waals surface area contributed by atoms with Crippen LogP contribution in [-0.4, -0.2) is 78.5 Å². The summed E-state index contributed by atoms with van der Waals surface area (Å²) in [5.41, 5.74) is 6.16. The van der Waals surface area contributed by atoms with Crippen molar-refractivity contribution in [1.29, 1.82) is 0 Å². The van der Waals surface area contributed by atoms with Crippen LogP contribution >= 0.6 is 22.7 Å². The normalized spacial score (nSPS) is 16.5. The Bertz CT molecular complexity index is 2310. The minimum Gasteiger partial charge on any atom is -0.326 e. The van der Waals surface area contributed by atoms with Crippen molar-refractivity contribution < 1.29 is 19.2 Å². The number of carbonyl (C=O) groups is 4. The SMILES string of the molecule is Cc1nc(-c2cccnc2)sc1C(=O)N1CCC[C@H]1C(=O)Nc1ccc(C=Cc2ccc(NC(=O)[C@@H]3CCCN3C(=O)c3sc(-c4cccnc4)nc3C)cc2)cc1. The van der Waals surface area contributed by atoms with E-state index in [0.717, 1.165) is 45.1 Å². The first kappa shape index (κ1) is 38.5. The van der Waals surface area contributed by atoms with Gasteiger partial charge in [0.15, 0.2) is 0 Å². The first-order chi connectivity index (χ1) is 28.2. The number of hydrogen-bond acceptors (Lipinski definition) is 10. The topological polar surface area (TPSA) is 150 Å². The molecule has 2 aromatic carbocycles. The summed E-state index contributed by atoms with van der Waals surface area (Å²) in [7, 11) is 0. The van der Waals surface area contributed by atoms with Gasteiger partial charge in [-0.15, -0.1) is 22.7 Å². The number of thiazole rings is 2. The zero-order valence-corrected chi connectivity index (χ0v) is 33.6. The Hall–Kier alpha value is -6.38. The molecular formula is C44H40N8O4S2. The Morgan fingerprint density at radius 3 is 1.41 bits per heavy atom. The molecule has 8 rings (SSSR count). The van der Waals surface area contributed by atoms with E-state index >= 15 is 0 Å². The molecule has 292 valence electrons. The summed E-state index contributed by atoms with van der Waals surface area (Å²) in [5.74, 6) is -0.781. The van der Waals surface area contributed by atoms with Crippen LogP contribution < -0.4 is 10.6 Å². The van der Waals surface area contributed by atoms with Crippen LogP contribution in [0, 0.1) is 13.8 Å². The van der Waals surface area contributed by atoms with Gasteiger partial charge >= 0.3 is 0 Å². The third-order valence-corrected chi connectivity index (χ3v) is 12.6. The standard InChI is InChI=1S/C44H40N8O4S2/c1-27-37(57-41(47-27)31-7-3-21-45-25-31)43(55)51-23-5-9-35(51)39(53)49-33-17-13-29(14-18-33)11-12-30-15-19-34(20-16-30)50-40(54)36-10-6-24-52(36)44(56)38-28(2)48-42(58-38)32-8-4-22-46-26-32/h3-4,7-8,11-22,25-26,35-36H,5-6,9-10,23-24H2,1-2H3,(H,49,53)(H,50,54)/t35-,36-/m0/s1. The Balaban J connectivity index is 0.841. The average molecular weight is 809 g/mol. The molecule has 12 nitrogen and oxygen atoms in total. The van der Waals surface area contributed by atoms with E-state index in [1.807, 2.05) is 98.8 Å². The zero-order chi connectivity index (χ0) is 40.2. The fraction of sp³-hybridized carbons (Fsp3) is 0.227. The number of hydrogen-bond donors (Lipinski definition) is 2. The van der Waals surface area contributed by atoms with Crippen LogP contribution in [-0.2, 0) is 9.59 Å². The summed E-state index contributed by atoms with van der Waals surface area (Å²) in [5, 5.41) is 7.45. The summed E-state index contributed by atoms with van der Waals surface area (Å²) in [4.78, 5) is 76.0. The molecule has 58 heavy (non-hydrogen) atoms. The van der Waals surface area contributed by atoms with Gasteiger partial charge < -0.3 is 20.4 Å². The number of likely N-dealkylation sites (tertiary alicyclic amines) is 2. The van der Waals surface area contributed by atoms with Crippen LogP contribution in [0.1, 0.15) is 67.5 Å². The van der Waals surface area contributed by atoms with Crippen LogP contribution in [0.15, 0.2) is 97.6 Å². The van der Waals surface area contributed by atoms with Gasteiger partial charge in [0, 0.05) is 60.4 Å². The first-order valence-electron chi connectivity index (χ1n) is 19.1. The second kappa shape index (κ2) is 17.0. The van der Waals surface area contributed by atoms with Crippen molar-refractivity contribution in [2.24, 2.45) is 0 Å². The Morgan fingerprint density at radius 1 is 0.621 bits per heavy atom. The lowest BCUT2D eigenvalue weighted by atomic mass is 10.1. The molecule has 0 radical (unpaired) electrons. The van der Waals surface area contributed by atoms with Gasteiger partial charge in [-0.2, -0.15) is 0 Å². The van der Waals surface area contributed by atoms with Gasteiger partial charge in [-0.3, -0.25) is 29.1 Å². The molecule has 2 N–H and O–H groups in total. The van der Waals surface area contributed by atoms with Crippen LogP contribution in [0.3, 0.4) is 0 Å². The van der Waals surface area contributed by atoms with E-state index in [9.17, 15) is 19.2 Å². The van der Waals surface area contributed by atoms with Crippen LogP contribution in [0.25, 0.3) is 33.3 Å². The number of rotatable bonds is 10. The number of nitrogens with zero attached hydrogens (tertiary/aromatic N) is 6. The van der Waals surface area contributed by atoms with Crippen molar-refractivity contribution in [2.45, 2.75) is 51.6 Å². The van der Waals surface area contributed by atoms with E-state index in [-0.39, 0.29) is 23.6 Å². The van der Waals surface area contributed by atoms with Crippen molar-refractivity contribution in [3.8, 4) is 21.1 Å². The van der Waals surface area contributed by atoms with Gasteiger partial charge in [0.25, 0.3) is 11.8 Å². The molecule has 0 saturated carbocycles. The molecule has 2 atom stereocenters. The van der Waals surface area contributed by atoms with Gasteiger partial charge in [0.05, 0.1) is 11.4 Å². The summed E-state index contributed by atoms with van der Waals surface area (Å²) < 4.78 is 0. The van der Waals surface area contributed by atoms with E-state index in [1.54, 1.807) is 34.6 Å². The Labute approximate surface area is 343 Å². The number of amides is 4. The van der Waals surface area contributed by atoms with Crippen LogP contribution in [0.4, 0.5) is 11.4 Å². The molecular weight excluding hydrogens is 769 g/mol. The van der Waals surface area contributed by atoms with Gasteiger partial charge in [-0.05, 0) is 99.2 Å². The number of benzene rings is 2. The number of anilines is 2. The Morgan fingerprint density at radius 2 is 1.03 bits per heavy atom. The lowest BCUT2D eigenvalue weighted by molar-refractivity contribution is -0.120. The van der Waals surface area contributed by atoms with E-state index in [4.69, 9.17) is 0 Å². The Kier molecular flexibility index (Phi) is 11.3. The molecule has 0 bridgehead atoms. The van der Waals surface area contributed by atoms with Crippen molar-refractivity contribution in [2.75, 3.05) is 23.7 Å². The van der Waals surface area contributed by atoms with E-state index in [1.165, 1.54) is 22.7 Å². The summed E-state index contributed by atoms with van der Waals surface area (Å²) >= 11 is 2.65. The molecule has 0 unspecified atom stereocenters. The lowest BCUT2D eigenvalue weighted by Crippen LogP contribution is -2.43. The van der Waals surface area contributed by atoms with Gasteiger partial charge in [-0.1, -0.05) is 36.4 Å². The lowest BCUT2D eigenvalue weighted by Gasteiger charge is -2.23. The number of carbonyl (C=O) groups excluding carboxylic acids is 4. The molecule has 2 saturated heterocycles. The molecule has 0 spiro atoms. The van der Waals surface area contributed by atoms with E-state index in [2.05, 4.69) is 30.6 Å². The second-order valence-electron chi connectivity index (χ2n) is 14.2. The summed E-state index contributed by atoms with van der Waals surface area (Å²) in [6.45, 7) is 4.66. The number of pyridine rings is 2. The summed E-state index contributed by atoms with van der Waals surface area (Å²) in [6, 6.07) is 21.4. The van der Waals surface area contributed by atoms with Crippen molar-refractivity contribution in [3.05, 3.63) is 130 Å². The molecule has 6 aromatic rings. The third-order valence-electron chi connectivity index (χ3n) is 10.3. The van der Waals surface area contributed by atoms with E-state index in [0.29, 0.717) is 58.4 Å². The second-order valence-corrected chi connectivity index (χ2v) is 16.2. The predicted octanol–water partition coefficient (Wildman–Crippen LogP) is 8.00.